The van der Waals surface area contributed by atoms with Crippen molar-refractivity contribution in [1.29, 1.82) is 0 Å². The molecule has 1 aromatic carbocycles. The largest absolute Gasteiger partial charge is 0.371 e. The maximum Gasteiger partial charge on any atom is 0.344 e. The number of likely N-dealkylation sites (tertiary alicyclic amines) is 2. The molecule has 0 bridgehead atoms. The van der Waals surface area contributed by atoms with Crippen molar-refractivity contribution < 1.29 is 13.2 Å². The Labute approximate surface area is 208 Å². The van der Waals surface area contributed by atoms with Crippen LogP contribution in [0.2, 0.25) is 0 Å². The van der Waals surface area contributed by atoms with Crippen LogP contribution in [0.4, 0.5) is 16.3 Å². The van der Waals surface area contributed by atoms with Crippen molar-refractivity contribution in [3.63, 3.8) is 0 Å². The van der Waals surface area contributed by atoms with E-state index < -0.39 is 10.0 Å². The van der Waals surface area contributed by atoms with E-state index in [1.165, 1.54) is 72.5 Å². The molecular weight excluding hydrogens is 464 g/mol. The van der Waals surface area contributed by atoms with Crippen molar-refractivity contribution in [2.45, 2.75) is 57.5 Å². The Kier molecular flexibility index (Phi) is 6.52. The highest BCUT2D eigenvalue weighted by Gasteiger charge is 2.43. The van der Waals surface area contributed by atoms with E-state index in [2.05, 4.69) is 44.7 Å². The Morgan fingerprint density at radius 3 is 2.46 bits per heavy atom. The van der Waals surface area contributed by atoms with Crippen molar-refractivity contribution in [1.82, 2.24) is 19.6 Å². The molecule has 1 amide bonds. The summed E-state index contributed by atoms with van der Waals surface area (Å²) in [7, 11) is -3.43. The van der Waals surface area contributed by atoms with E-state index in [9.17, 15) is 13.2 Å². The third-order valence-electron chi connectivity index (χ3n) is 7.86. The number of hydrogen-bond acceptors (Lipinski definition) is 6. The zero-order valence-electron chi connectivity index (χ0n) is 20.7. The number of nitrogens with one attached hydrogen (secondary N) is 1. The number of nitrogens with zero attached hydrogens (tertiary/aromatic N) is 5. The molecule has 4 heterocycles. The van der Waals surface area contributed by atoms with Gasteiger partial charge in [0.25, 0.3) is 0 Å². The van der Waals surface area contributed by atoms with Gasteiger partial charge in [-0.25, -0.2) is 13.2 Å². The molecule has 0 aliphatic carbocycles. The molecule has 2 aromatic rings. The third kappa shape index (κ3) is 5.18. The van der Waals surface area contributed by atoms with Gasteiger partial charge in [0.15, 0.2) is 5.82 Å². The number of aromatic nitrogens is 2. The second kappa shape index (κ2) is 9.46. The fourth-order valence-corrected chi connectivity index (χ4v) is 6.58. The zero-order chi connectivity index (χ0) is 24.6. The van der Waals surface area contributed by atoms with Gasteiger partial charge in [-0.2, -0.15) is 4.68 Å². The van der Waals surface area contributed by atoms with Crippen LogP contribution in [0.25, 0.3) is 0 Å². The SMILES string of the molecule is Cc1cc(CN2CCCC23CCN(C(=O)n2ccc(NS(C)(=O)=O)n2)CC3)ccc1N1CCCC1. The van der Waals surface area contributed by atoms with Crippen LogP contribution in [0, 0.1) is 6.92 Å². The predicted molar refractivity (Wildman–Crippen MR) is 137 cm³/mol. The van der Waals surface area contributed by atoms with E-state index in [1.54, 1.807) is 0 Å². The fourth-order valence-electron chi connectivity index (χ4n) is 6.09. The summed E-state index contributed by atoms with van der Waals surface area (Å²) in [5.74, 6) is 0.155. The highest BCUT2D eigenvalue weighted by atomic mass is 32.2. The first-order chi connectivity index (χ1) is 16.7. The highest BCUT2D eigenvalue weighted by Crippen LogP contribution is 2.40. The van der Waals surface area contributed by atoms with Crippen LogP contribution in [0.5, 0.6) is 0 Å². The molecule has 1 N–H and O–H groups in total. The van der Waals surface area contributed by atoms with Gasteiger partial charge < -0.3 is 9.80 Å². The molecular formula is C25H36N6O3S. The minimum absolute atomic E-state index is 0.144. The highest BCUT2D eigenvalue weighted by molar-refractivity contribution is 7.92. The molecule has 0 atom stereocenters. The smallest absolute Gasteiger partial charge is 0.344 e. The maximum absolute atomic E-state index is 13.0. The van der Waals surface area contributed by atoms with Crippen LogP contribution in [-0.2, 0) is 16.6 Å². The van der Waals surface area contributed by atoms with E-state index >= 15 is 0 Å². The lowest BCUT2D eigenvalue weighted by molar-refractivity contribution is 0.0585. The number of rotatable bonds is 5. The van der Waals surface area contributed by atoms with Gasteiger partial charge >= 0.3 is 6.03 Å². The van der Waals surface area contributed by atoms with Crippen LogP contribution in [0.1, 0.15) is 49.7 Å². The Bertz CT molecular complexity index is 1180. The first kappa shape index (κ1) is 24.1. The van der Waals surface area contributed by atoms with Crippen molar-refractivity contribution in [3.8, 4) is 0 Å². The minimum Gasteiger partial charge on any atom is -0.371 e. The normalized spacial score (nSPS) is 20.6. The van der Waals surface area contributed by atoms with Gasteiger partial charge in [0.05, 0.1) is 6.26 Å². The topological polar surface area (TPSA) is 90.8 Å². The number of carbonyl (C=O) groups excluding carboxylic acids is 1. The zero-order valence-corrected chi connectivity index (χ0v) is 21.6. The second-order valence-electron chi connectivity index (χ2n) is 10.4. The average molecular weight is 501 g/mol. The third-order valence-corrected chi connectivity index (χ3v) is 8.44. The number of anilines is 2. The summed E-state index contributed by atoms with van der Waals surface area (Å²) in [6.45, 7) is 7.97. The average Bonchev–Trinajstić information content (AvgIpc) is 3.56. The number of carbonyl (C=O) groups is 1. The summed E-state index contributed by atoms with van der Waals surface area (Å²) in [4.78, 5) is 19.9. The monoisotopic (exact) mass is 500 g/mol. The van der Waals surface area contributed by atoms with Gasteiger partial charge in [0.2, 0.25) is 10.0 Å². The molecule has 3 aliphatic heterocycles. The van der Waals surface area contributed by atoms with Gasteiger partial charge in [-0.05, 0) is 69.2 Å². The number of hydrogen-bond donors (Lipinski definition) is 1. The van der Waals surface area contributed by atoms with E-state index in [0.717, 1.165) is 32.2 Å². The Morgan fingerprint density at radius 1 is 1.03 bits per heavy atom. The van der Waals surface area contributed by atoms with E-state index in [1.807, 2.05) is 4.90 Å². The quantitative estimate of drug-likeness (QED) is 0.678. The molecule has 5 rings (SSSR count). The summed E-state index contributed by atoms with van der Waals surface area (Å²) in [5.41, 5.74) is 4.25. The molecule has 1 aromatic heterocycles. The van der Waals surface area contributed by atoms with Gasteiger partial charge in [0, 0.05) is 56.2 Å². The van der Waals surface area contributed by atoms with Gasteiger partial charge in [-0.1, -0.05) is 12.1 Å². The predicted octanol–water partition coefficient (Wildman–Crippen LogP) is 3.26. The van der Waals surface area contributed by atoms with Gasteiger partial charge in [0.1, 0.15) is 0 Å². The molecule has 0 radical (unpaired) electrons. The van der Waals surface area contributed by atoms with E-state index in [4.69, 9.17) is 0 Å². The number of aryl methyl sites for hydroxylation is 1. The van der Waals surface area contributed by atoms with Crippen LogP contribution in [-0.4, -0.2) is 78.5 Å². The minimum atomic E-state index is -3.43. The Balaban J connectivity index is 1.21. The first-order valence-electron chi connectivity index (χ1n) is 12.6. The van der Waals surface area contributed by atoms with Crippen molar-refractivity contribution in [2.24, 2.45) is 0 Å². The molecule has 3 fully saturated rings. The molecule has 190 valence electrons. The number of benzene rings is 1. The summed E-state index contributed by atoms with van der Waals surface area (Å²) < 4.78 is 26.4. The Hall–Kier alpha value is -2.59. The van der Waals surface area contributed by atoms with Crippen LogP contribution < -0.4 is 9.62 Å². The van der Waals surface area contributed by atoms with Crippen molar-refractivity contribution in [3.05, 3.63) is 41.6 Å². The van der Waals surface area contributed by atoms with Crippen LogP contribution >= 0.6 is 0 Å². The lowest BCUT2D eigenvalue weighted by atomic mass is 9.84. The number of amides is 1. The molecule has 9 nitrogen and oxygen atoms in total. The van der Waals surface area contributed by atoms with Crippen LogP contribution in [0.15, 0.2) is 30.5 Å². The lowest BCUT2D eigenvalue weighted by Crippen LogP contribution is -2.53. The summed E-state index contributed by atoms with van der Waals surface area (Å²) in [6.07, 6.45) is 9.40. The van der Waals surface area contributed by atoms with E-state index in [0.29, 0.717) is 13.1 Å². The molecule has 0 unspecified atom stereocenters. The Morgan fingerprint density at radius 2 is 1.77 bits per heavy atom. The molecule has 3 aliphatic rings. The maximum atomic E-state index is 13.0. The molecule has 10 heteroatoms. The lowest BCUT2D eigenvalue weighted by Gasteiger charge is -2.45. The molecule has 1 spiro atoms. The number of piperidine rings is 1. The van der Waals surface area contributed by atoms with Crippen molar-refractivity contribution in [2.75, 3.05) is 48.6 Å². The number of sulfonamides is 1. The molecule has 3 saturated heterocycles. The second-order valence-corrected chi connectivity index (χ2v) is 12.1. The van der Waals surface area contributed by atoms with Crippen LogP contribution in [0.3, 0.4) is 0 Å². The molecule has 0 saturated carbocycles. The summed E-state index contributed by atoms with van der Waals surface area (Å²) >= 11 is 0. The van der Waals surface area contributed by atoms with Gasteiger partial charge in [-0.3, -0.25) is 9.62 Å². The summed E-state index contributed by atoms with van der Waals surface area (Å²) in [5, 5.41) is 4.10. The standard InChI is InChI=1S/C25H36N6O3S/c1-20-18-21(6-7-22(20)28-12-3-4-13-28)19-30-14-5-9-25(30)10-16-29(17-11-25)24(32)31-15-8-23(26-31)27-35(2,33)34/h6-8,15,18H,3-5,9-14,16-17,19H2,1-2H3,(H,26,27). The fraction of sp³-hybridized carbons (Fsp3) is 0.600. The molecule has 35 heavy (non-hydrogen) atoms. The van der Waals surface area contributed by atoms with E-state index in [-0.39, 0.29) is 17.4 Å². The first-order valence-corrected chi connectivity index (χ1v) is 14.5. The van der Waals surface area contributed by atoms with Gasteiger partial charge in [-0.15, -0.1) is 5.10 Å². The summed E-state index contributed by atoms with van der Waals surface area (Å²) in [6, 6.07) is 8.25. The van der Waals surface area contributed by atoms with Crippen molar-refractivity contribution >= 4 is 27.6 Å².